The molecule has 3 nitrogen and oxygen atoms in total. The van der Waals surface area contributed by atoms with Crippen molar-refractivity contribution < 1.29 is 9.90 Å². The predicted octanol–water partition coefficient (Wildman–Crippen LogP) is 3.55. The van der Waals surface area contributed by atoms with Crippen LogP contribution in [0.3, 0.4) is 0 Å². The summed E-state index contributed by atoms with van der Waals surface area (Å²) in [4.78, 5) is 11.1. The number of hydrogen-bond donors (Lipinski definition) is 2. The molecule has 0 saturated heterocycles. The summed E-state index contributed by atoms with van der Waals surface area (Å²) in [6.45, 7) is 4.37. The summed E-state index contributed by atoms with van der Waals surface area (Å²) in [6, 6.07) is 17.9. The molecule has 0 aliphatic rings. The maximum atomic E-state index is 11.1. The molecule has 2 rings (SSSR count). The Balaban J connectivity index is 2.01. The quantitative estimate of drug-likeness (QED) is 0.852. The molecule has 2 aromatic rings. The van der Waals surface area contributed by atoms with Crippen LogP contribution in [-0.2, 0) is 11.3 Å². The number of benzene rings is 2. The number of carbonyl (C=O) groups is 1. The van der Waals surface area contributed by atoms with Gasteiger partial charge in [-0.3, -0.25) is 4.79 Å². The second-order valence-electron chi connectivity index (χ2n) is 5.50. The van der Waals surface area contributed by atoms with Crippen molar-refractivity contribution in [1.82, 2.24) is 5.32 Å². The van der Waals surface area contributed by atoms with Crippen LogP contribution in [0.2, 0.25) is 0 Å². The number of hydrogen-bond acceptors (Lipinski definition) is 2. The van der Waals surface area contributed by atoms with E-state index in [1.807, 2.05) is 44.2 Å². The van der Waals surface area contributed by atoms with Crippen LogP contribution in [0.5, 0.6) is 0 Å². The molecular formula is C18H21NO2. The molecule has 110 valence electrons. The molecule has 3 heteroatoms. The second kappa shape index (κ2) is 7.04. The summed E-state index contributed by atoms with van der Waals surface area (Å²) in [6.07, 6.45) is 0. The monoisotopic (exact) mass is 283 g/mol. The van der Waals surface area contributed by atoms with Gasteiger partial charge in [-0.05, 0) is 22.6 Å². The molecule has 21 heavy (non-hydrogen) atoms. The van der Waals surface area contributed by atoms with E-state index in [4.69, 9.17) is 5.11 Å². The van der Waals surface area contributed by atoms with E-state index in [-0.39, 0.29) is 5.92 Å². The van der Waals surface area contributed by atoms with Crippen LogP contribution in [0.15, 0.2) is 54.6 Å². The van der Waals surface area contributed by atoms with Crippen molar-refractivity contribution in [2.75, 3.05) is 0 Å². The lowest BCUT2D eigenvalue weighted by Gasteiger charge is -2.18. The minimum absolute atomic E-state index is 0.0612. The standard InChI is InChI=1S/C18H21NO2/c1-13(2)17(18(20)21)19-12-14-8-10-16(11-9-14)15-6-4-3-5-7-15/h3-11,13,17,19H,12H2,1-2H3,(H,20,21)/t17-/m0/s1. The van der Waals surface area contributed by atoms with E-state index in [9.17, 15) is 4.79 Å². The maximum absolute atomic E-state index is 11.1. The zero-order valence-electron chi connectivity index (χ0n) is 12.4. The molecule has 0 spiro atoms. The van der Waals surface area contributed by atoms with Gasteiger partial charge < -0.3 is 10.4 Å². The molecular weight excluding hydrogens is 262 g/mol. The normalized spacial score (nSPS) is 12.3. The Morgan fingerprint density at radius 3 is 2.10 bits per heavy atom. The van der Waals surface area contributed by atoms with E-state index >= 15 is 0 Å². The summed E-state index contributed by atoms with van der Waals surface area (Å²) in [7, 11) is 0. The Labute approximate surface area is 125 Å². The van der Waals surface area contributed by atoms with Gasteiger partial charge in [-0.1, -0.05) is 68.4 Å². The predicted molar refractivity (Wildman–Crippen MR) is 85.0 cm³/mol. The number of carboxylic acids is 1. The minimum atomic E-state index is -0.800. The topological polar surface area (TPSA) is 49.3 Å². The van der Waals surface area contributed by atoms with E-state index < -0.39 is 12.0 Å². The summed E-state index contributed by atoms with van der Waals surface area (Å²) in [5.41, 5.74) is 3.43. The first-order valence-corrected chi connectivity index (χ1v) is 7.18. The molecule has 0 aromatic heterocycles. The Morgan fingerprint density at radius 2 is 1.57 bits per heavy atom. The lowest BCUT2D eigenvalue weighted by atomic mass is 10.0. The highest BCUT2D eigenvalue weighted by Gasteiger charge is 2.20. The number of nitrogens with one attached hydrogen (secondary N) is 1. The van der Waals surface area contributed by atoms with Gasteiger partial charge in [0.1, 0.15) is 6.04 Å². The van der Waals surface area contributed by atoms with E-state index in [2.05, 4.69) is 29.6 Å². The fraction of sp³-hybridized carbons (Fsp3) is 0.278. The van der Waals surface area contributed by atoms with Crippen LogP contribution < -0.4 is 5.32 Å². The molecule has 2 aromatic carbocycles. The van der Waals surface area contributed by atoms with Gasteiger partial charge in [0, 0.05) is 6.54 Å². The Bertz CT molecular complexity index is 576. The van der Waals surface area contributed by atoms with Crippen molar-refractivity contribution in [3.63, 3.8) is 0 Å². The first kappa shape index (κ1) is 15.3. The Morgan fingerprint density at radius 1 is 1.00 bits per heavy atom. The van der Waals surface area contributed by atoms with Crippen LogP contribution in [0, 0.1) is 5.92 Å². The summed E-state index contributed by atoms with van der Waals surface area (Å²) in [5.74, 6) is -0.739. The average molecular weight is 283 g/mol. The van der Waals surface area contributed by atoms with Crippen molar-refractivity contribution in [3.05, 3.63) is 60.2 Å². The van der Waals surface area contributed by atoms with Gasteiger partial charge in [0.2, 0.25) is 0 Å². The lowest BCUT2D eigenvalue weighted by molar-refractivity contribution is -0.140. The van der Waals surface area contributed by atoms with Gasteiger partial charge in [-0.25, -0.2) is 0 Å². The zero-order valence-corrected chi connectivity index (χ0v) is 12.4. The molecule has 0 radical (unpaired) electrons. The molecule has 0 aliphatic heterocycles. The molecule has 1 atom stereocenters. The number of aliphatic carboxylic acids is 1. The smallest absolute Gasteiger partial charge is 0.320 e. The molecule has 0 aliphatic carbocycles. The number of rotatable bonds is 6. The second-order valence-corrected chi connectivity index (χ2v) is 5.50. The van der Waals surface area contributed by atoms with Crippen LogP contribution >= 0.6 is 0 Å². The van der Waals surface area contributed by atoms with Crippen LogP contribution in [0.4, 0.5) is 0 Å². The Hall–Kier alpha value is -2.13. The van der Waals surface area contributed by atoms with Crippen molar-refractivity contribution in [2.24, 2.45) is 5.92 Å². The molecule has 0 bridgehead atoms. The SMILES string of the molecule is CC(C)[C@H](NCc1ccc(-c2ccccc2)cc1)C(=O)O. The maximum Gasteiger partial charge on any atom is 0.320 e. The fourth-order valence-electron chi connectivity index (χ4n) is 2.28. The zero-order chi connectivity index (χ0) is 15.2. The van der Waals surface area contributed by atoms with Crippen molar-refractivity contribution in [2.45, 2.75) is 26.4 Å². The molecule has 0 saturated carbocycles. The molecule has 0 amide bonds. The summed E-state index contributed by atoms with van der Waals surface area (Å²) in [5, 5.41) is 12.2. The summed E-state index contributed by atoms with van der Waals surface area (Å²) >= 11 is 0. The first-order chi connectivity index (χ1) is 10.1. The van der Waals surface area contributed by atoms with Gasteiger partial charge >= 0.3 is 5.97 Å². The third kappa shape index (κ3) is 4.17. The third-order valence-electron chi connectivity index (χ3n) is 3.52. The van der Waals surface area contributed by atoms with Gasteiger partial charge in [0.05, 0.1) is 0 Å². The highest BCUT2D eigenvalue weighted by molar-refractivity contribution is 5.73. The molecule has 0 fully saturated rings. The van der Waals surface area contributed by atoms with Crippen LogP contribution in [0.1, 0.15) is 19.4 Å². The molecule has 0 unspecified atom stereocenters. The van der Waals surface area contributed by atoms with E-state index in [0.29, 0.717) is 6.54 Å². The van der Waals surface area contributed by atoms with E-state index in [1.165, 1.54) is 5.56 Å². The van der Waals surface area contributed by atoms with Gasteiger partial charge in [-0.15, -0.1) is 0 Å². The highest BCUT2D eigenvalue weighted by Crippen LogP contribution is 2.19. The van der Waals surface area contributed by atoms with Gasteiger partial charge in [0.25, 0.3) is 0 Å². The van der Waals surface area contributed by atoms with Crippen molar-refractivity contribution >= 4 is 5.97 Å². The fourth-order valence-corrected chi connectivity index (χ4v) is 2.28. The minimum Gasteiger partial charge on any atom is -0.480 e. The molecule has 2 N–H and O–H groups in total. The summed E-state index contributed by atoms with van der Waals surface area (Å²) < 4.78 is 0. The third-order valence-corrected chi connectivity index (χ3v) is 3.52. The first-order valence-electron chi connectivity index (χ1n) is 7.18. The van der Waals surface area contributed by atoms with Crippen LogP contribution in [-0.4, -0.2) is 17.1 Å². The lowest BCUT2D eigenvalue weighted by Crippen LogP contribution is -2.40. The largest absolute Gasteiger partial charge is 0.480 e. The highest BCUT2D eigenvalue weighted by atomic mass is 16.4. The van der Waals surface area contributed by atoms with Crippen molar-refractivity contribution in [1.29, 1.82) is 0 Å². The Kier molecular flexibility index (Phi) is 5.12. The number of carboxylic acid groups (broad SMARTS) is 1. The van der Waals surface area contributed by atoms with Gasteiger partial charge in [-0.2, -0.15) is 0 Å². The molecule has 0 heterocycles. The van der Waals surface area contributed by atoms with E-state index in [0.717, 1.165) is 11.1 Å². The van der Waals surface area contributed by atoms with Gasteiger partial charge in [0.15, 0.2) is 0 Å². The van der Waals surface area contributed by atoms with Crippen molar-refractivity contribution in [3.8, 4) is 11.1 Å². The van der Waals surface area contributed by atoms with Crippen LogP contribution in [0.25, 0.3) is 11.1 Å². The van der Waals surface area contributed by atoms with E-state index in [1.54, 1.807) is 0 Å². The average Bonchev–Trinajstić information content (AvgIpc) is 2.48.